The zero-order valence-corrected chi connectivity index (χ0v) is 62.5. The molecule has 4 aromatic carbocycles. The van der Waals surface area contributed by atoms with Gasteiger partial charge in [0.25, 0.3) is 20.3 Å². The summed E-state index contributed by atoms with van der Waals surface area (Å²) in [5, 5.41) is 62.8. The number of amides is 2. The van der Waals surface area contributed by atoms with Crippen molar-refractivity contribution >= 4 is 23.8 Å². The van der Waals surface area contributed by atoms with Crippen molar-refractivity contribution in [3.05, 3.63) is 136 Å². The molecule has 0 radical (unpaired) electrons. The van der Waals surface area contributed by atoms with E-state index in [4.69, 9.17) is 47.4 Å². The van der Waals surface area contributed by atoms with E-state index in [1.54, 1.807) is 36.4 Å². The second-order valence-corrected chi connectivity index (χ2v) is 25.1. The highest BCUT2D eigenvalue weighted by molar-refractivity contribution is 6.30. The molecule has 0 saturated heterocycles. The first-order valence-electron chi connectivity index (χ1n) is 33.9. The summed E-state index contributed by atoms with van der Waals surface area (Å²) in [4.78, 5) is 129. The fraction of sp³-hybridized carbons (Fsp3) is 0.571. The van der Waals surface area contributed by atoms with Crippen LogP contribution in [0.4, 0.5) is 0 Å². The molecule has 2 amide bonds. The molecule has 36 nitrogen and oxygen atoms in total. The van der Waals surface area contributed by atoms with Crippen molar-refractivity contribution in [3.63, 3.8) is 0 Å². The minimum atomic E-state index is -2.65. The van der Waals surface area contributed by atoms with E-state index in [9.17, 15) is 70.2 Å². The number of carbonyl (C=O) groups is 4. The average molecular weight is 1490 g/mol. The number of benzene rings is 4. The van der Waals surface area contributed by atoms with Crippen LogP contribution in [0.5, 0.6) is 46.0 Å². The number of nitrogens with zero attached hydrogens (tertiary/aromatic N) is 10. The van der Waals surface area contributed by atoms with Crippen LogP contribution in [-0.2, 0) is 58.8 Å². The number of hydrogen-bond donors (Lipinski definition) is 0. The van der Waals surface area contributed by atoms with E-state index in [1.807, 2.05) is 63.7 Å². The molecule has 0 aromatic heterocycles. The number of rotatable bonds is 48. The molecule has 10 atom stereocenters. The highest BCUT2D eigenvalue weighted by atomic mass is 17.0. The van der Waals surface area contributed by atoms with Crippen LogP contribution in [-0.4, -0.2) is 197 Å². The van der Waals surface area contributed by atoms with Crippen LogP contribution in [0.15, 0.2) is 72.8 Å². The maximum atomic E-state index is 14.9. The Morgan fingerprint density at radius 1 is 0.434 bits per heavy atom. The number of nitriles is 2. The van der Waals surface area contributed by atoms with Gasteiger partial charge in [-0.15, -0.1) is 40.5 Å². The van der Waals surface area contributed by atoms with Crippen molar-refractivity contribution in [1.29, 1.82) is 10.5 Å². The Balaban J connectivity index is 1.79. The lowest BCUT2D eigenvalue weighted by molar-refractivity contribution is -0.768. The van der Waals surface area contributed by atoms with Gasteiger partial charge in [-0.25, -0.2) is 9.59 Å². The smallest absolute Gasteiger partial charge is 0.421 e. The van der Waals surface area contributed by atoms with Gasteiger partial charge in [0.15, 0.2) is 46.0 Å². The summed E-state index contributed by atoms with van der Waals surface area (Å²) in [6.07, 6.45) is -6.70. The summed E-state index contributed by atoms with van der Waals surface area (Å²) < 4.78 is 56.5. The van der Waals surface area contributed by atoms with E-state index in [2.05, 4.69) is 31.5 Å². The SMILES string of the molecule is CCCC(C#N)(CCCN(C)C(C)c1ccc(OC(OC(=O)C(=O)OC(Oc2ccc(C(C)N(C)CCCC(C#N)(CCC)c3ccc(OC)c(OC)c3)cc2OC)C(=O)N(CC(C)O[N+](=O)[O-])CC(C)O[N+](=O)[O-])C(=O)N(CC(C)O[N+](=O)[O-])CC(C)O[N+](=O)[O-])c(OC)c1)c1ccc(OC)c(OC)c1. The lowest BCUT2D eigenvalue weighted by atomic mass is 9.74. The Hall–Kier alpha value is -11.1. The number of methoxy groups -OCH3 is 6. The Kier molecular flexibility index (Phi) is 34.6. The Morgan fingerprint density at radius 3 is 0.981 bits per heavy atom. The second-order valence-electron chi connectivity index (χ2n) is 25.1. The van der Waals surface area contributed by atoms with Gasteiger partial charge in [0.1, 0.15) is 24.4 Å². The maximum absolute atomic E-state index is 14.9. The first-order valence-corrected chi connectivity index (χ1v) is 33.9. The molecule has 36 heteroatoms. The van der Waals surface area contributed by atoms with Crippen LogP contribution in [0.1, 0.15) is 141 Å². The van der Waals surface area contributed by atoms with Crippen molar-refractivity contribution < 1.29 is 106 Å². The molecule has 4 aromatic rings. The van der Waals surface area contributed by atoms with Crippen LogP contribution in [0, 0.1) is 63.1 Å². The molecule has 4 rings (SSSR count). The van der Waals surface area contributed by atoms with E-state index >= 15 is 0 Å². The summed E-state index contributed by atoms with van der Waals surface area (Å²) in [6.45, 7) is 10.2. The van der Waals surface area contributed by atoms with Gasteiger partial charge in [-0.05, 0) is 178 Å². The minimum absolute atomic E-state index is 0.0991. The molecule has 106 heavy (non-hydrogen) atoms. The van der Waals surface area contributed by atoms with Gasteiger partial charge in [0, 0.05) is 38.3 Å². The van der Waals surface area contributed by atoms with E-state index in [0.717, 1.165) is 38.8 Å². The Morgan fingerprint density at radius 2 is 0.717 bits per heavy atom. The number of esters is 2. The van der Waals surface area contributed by atoms with Crippen LogP contribution < -0.4 is 37.9 Å². The van der Waals surface area contributed by atoms with Crippen LogP contribution in [0.25, 0.3) is 0 Å². The van der Waals surface area contributed by atoms with E-state index in [0.29, 0.717) is 108 Å². The third kappa shape index (κ3) is 25.1. The molecule has 10 unspecified atom stereocenters. The van der Waals surface area contributed by atoms with E-state index < -0.39 is 118 Å². The molecule has 582 valence electrons. The number of ether oxygens (including phenoxy) is 10. The molecule has 0 spiro atoms. The molecule has 0 N–H and O–H groups in total. The Bertz CT molecular complexity index is 3430. The first-order chi connectivity index (χ1) is 50.2. The lowest BCUT2D eigenvalue weighted by Gasteiger charge is -2.31. The second kappa shape index (κ2) is 42.0. The molecule has 0 bridgehead atoms. The summed E-state index contributed by atoms with van der Waals surface area (Å²) in [5.74, 6) is -5.98. The van der Waals surface area contributed by atoms with Gasteiger partial charge in [-0.3, -0.25) is 19.4 Å². The van der Waals surface area contributed by atoms with Crippen LogP contribution >= 0.6 is 0 Å². The van der Waals surface area contributed by atoms with Crippen molar-refractivity contribution in [1.82, 2.24) is 19.6 Å². The van der Waals surface area contributed by atoms with Crippen molar-refractivity contribution in [2.24, 2.45) is 0 Å². The molecule has 0 aliphatic rings. The fourth-order valence-electron chi connectivity index (χ4n) is 12.1. The third-order valence-electron chi connectivity index (χ3n) is 17.6. The van der Waals surface area contributed by atoms with Gasteiger partial charge in [-0.2, -0.15) is 10.5 Å². The summed E-state index contributed by atoms with van der Waals surface area (Å²) in [7, 11) is 12.2. The van der Waals surface area contributed by atoms with E-state index in [-0.39, 0.29) is 35.1 Å². The van der Waals surface area contributed by atoms with Crippen molar-refractivity contribution in [2.45, 2.75) is 167 Å². The zero-order valence-electron chi connectivity index (χ0n) is 62.5. The predicted octanol–water partition coefficient (Wildman–Crippen LogP) is 9.05. The van der Waals surface area contributed by atoms with Gasteiger partial charge < -0.3 is 76.5 Å². The molecule has 0 heterocycles. The fourth-order valence-corrected chi connectivity index (χ4v) is 12.1. The van der Waals surface area contributed by atoms with Crippen molar-refractivity contribution in [3.8, 4) is 58.1 Å². The largest absolute Gasteiger partial charge is 0.493 e. The zero-order chi connectivity index (χ0) is 79.2. The molecule has 0 saturated carbocycles. The topological polar surface area (TPSA) is 431 Å². The average Bonchev–Trinajstić information content (AvgIpc) is 0.849. The molecular formula is C70H96N10O26. The molecule has 0 aliphatic carbocycles. The lowest BCUT2D eigenvalue weighted by Crippen LogP contribution is -2.51. The highest BCUT2D eigenvalue weighted by Gasteiger charge is 2.41. The monoisotopic (exact) mass is 1490 g/mol. The maximum Gasteiger partial charge on any atom is 0.421 e. The van der Waals surface area contributed by atoms with Gasteiger partial charge in [0.05, 0.1) is 65.6 Å². The van der Waals surface area contributed by atoms with Gasteiger partial charge in [-0.1, -0.05) is 51.0 Å². The normalized spacial score (nSPS) is 14.5. The van der Waals surface area contributed by atoms with Gasteiger partial charge in [0.2, 0.25) is 0 Å². The van der Waals surface area contributed by atoms with E-state index in [1.165, 1.54) is 66.9 Å². The van der Waals surface area contributed by atoms with Gasteiger partial charge >= 0.3 is 36.3 Å². The first kappa shape index (κ1) is 87.3. The minimum Gasteiger partial charge on any atom is -0.493 e. The quantitative estimate of drug-likeness (QED) is 0.0131. The summed E-state index contributed by atoms with van der Waals surface area (Å²) in [5.41, 5.74) is 1.01. The number of carbonyl (C=O) groups excluding carboxylic acids is 4. The summed E-state index contributed by atoms with van der Waals surface area (Å²) in [6, 6.07) is 24.0. The predicted molar refractivity (Wildman–Crippen MR) is 374 cm³/mol. The summed E-state index contributed by atoms with van der Waals surface area (Å²) >= 11 is 0. The van der Waals surface area contributed by atoms with Crippen LogP contribution in [0.3, 0.4) is 0 Å². The Labute approximate surface area is 614 Å². The molecular weight excluding hydrogens is 1400 g/mol. The van der Waals surface area contributed by atoms with Crippen molar-refractivity contribution in [2.75, 3.05) is 96.0 Å². The number of hydrogen-bond acceptors (Lipinski definition) is 30. The molecule has 0 aliphatic heterocycles. The standard InChI is InChI=1S/C70H96N10O26/c1-17-29-69(43-71,53-23-27-55(93-11)61(37-53)97-15)31-19-33-73(9)49(7)51-21-25-57(59(35-51)95-13)99-67(63(81)75(39-45(3)103-77(85)86)40-46(4)104-78(87)88)101-65(83)66(84)102-68(64(82)76(41-47(5)105-79(89)90)42-48(6)106-80(91)92)100-58-26-22-52(36-60(58)96-14)50(8)74(10)34-20-32-70(44-72,30-18-2)54-24-28-56(94-12)62(38-54)98-16/h21-28,35-38,45-50,67-68H,17-20,29-34,39-42H2,1-16H3. The highest BCUT2D eigenvalue weighted by Crippen LogP contribution is 2.42. The van der Waals surface area contributed by atoms with Crippen LogP contribution in [0.2, 0.25) is 0 Å². The molecule has 0 fully saturated rings. The third-order valence-corrected chi connectivity index (χ3v) is 17.6.